The summed E-state index contributed by atoms with van der Waals surface area (Å²) in [7, 11) is -3.68. The number of nitrogens with zero attached hydrogens (tertiary/aromatic N) is 2. The van der Waals surface area contributed by atoms with Gasteiger partial charge in [0.15, 0.2) is 5.82 Å². The topological polar surface area (TPSA) is 84.0 Å². The molecule has 2 N–H and O–H groups in total. The number of aryl methyl sites for hydroxylation is 1. The fourth-order valence-corrected chi connectivity index (χ4v) is 3.42. The molecule has 0 bridgehead atoms. The molecule has 1 aromatic heterocycles. The van der Waals surface area contributed by atoms with Crippen molar-refractivity contribution in [2.75, 3.05) is 10.0 Å². The van der Waals surface area contributed by atoms with Gasteiger partial charge < -0.3 is 5.32 Å². The van der Waals surface area contributed by atoms with E-state index in [1.165, 1.54) is 0 Å². The Kier molecular flexibility index (Phi) is 5.18. The van der Waals surface area contributed by atoms with Crippen LogP contribution < -0.4 is 10.0 Å². The van der Waals surface area contributed by atoms with Gasteiger partial charge in [0, 0.05) is 6.04 Å². The number of anilines is 2. The van der Waals surface area contributed by atoms with Gasteiger partial charge in [-0.05, 0) is 43.7 Å². The van der Waals surface area contributed by atoms with E-state index in [9.17, 15) is 8.42 Å². The van der Waals surface area contributed by atoms with Crippen LogP contribution in [0.3, 0.4) is 0 Å². The van der Waals surface area contributed by atoms with Crippen molar-refractivity contribution in [3.63, 3.8) is 0 Å². The van der Waals surface area contributed by atoms with Crippen molar-refractivity contribution >= 4 is 21.7 Å². The monoisotopic (exact) mass is 368 g/mol. The van der Waals surface area contributed by atoms with Crippen LogP contribution in [-0.2, 0) is 10.0 Å². The molecule has 0 saturated carbocycles. The van der Waals surface area contributed by atoms with Gasteiger partial charge >= 0.3 is 0 Å². The van der Waals surface area contributed by atoms with Crippen molar-refractivity contribution in [1.82, 2.24) is 10.2 Å². The van der Waals surface area contributed by atoms with Crippen LogP contribution in [0.5, 0.6) is 0 Å². The molecule has 3 rings (SSSR count). The van der Waals surface area contributed by atoms with Crippen LogP contribution in [0.25, 0.3) is 0 Å². The second-order valence-corrected chi connectivity index (χ2v) is 7.68. The molecule has 6 nitrogen and oxygen atoms in total. The Morgan fingerprint density at radius 1 is 0.846 bits per heavy atom. The highest BCUT2D eigenvalue weighted by atomic mass is 32.2. The largest absolute Gasteiger partial charge is 0.362 e. The summed E-state index contributed by atoms with van der Waals surface area (Å²) in [5.74, 6) is 0.739. The normalized spacial score (nSPS) is 12.4. The van der Waals surface area contributed by atoms with Crippen LogP contribution >= 0.6 is 0 Å². The predicted octanol–water partition coefficient (Wildman–Crippen LogP) is 3.76. The third-order valence-corrected chi connectivity index (χ3v) is 5.27. The van der Waals surface area contributed by atoms with E-state index >= 15 is 0 Å². The molecule has 0 radical (unpaired) electrons. The number of aromatic nitrogens is 2. The molecule has 0 amide bonds. The Morgan fingerprint density at radius 2 is 1.46 bits per heavy atom. The average molecular weight is 368 g/mol. The zero-order valence-electron chi connectivity index (χ0n) is 14.5. The number of hydrogen-bond acceptors (Lipinski definition) is 5. The van der Waals surface area contributed by atoms with Crippen molar-refractivity contribution in [2.45, 2.75) is 24.8 Å². The molecule has 2 aromatic carbocycles. The summed E-state index contributed by atoms with van der Waals surface area (Å²) in [6, 6.07) is 19.9. The Balaban J connectivity index is 1.68. The lowest BCUT2D eigenvalue weighted by molar-refractivity contribution is 0.601. The van der Waals surface area contributed by atoms with Crippen LogP contribution in [0.1, 0.15) is 24.1 Å². The van der Waals surface area contributed by atoms with Gasteiger partial charge in [-0.3, -0.25) is 4.72 Å². The van der Waals surface area contributed by atoms with E-state index in [0.29, 0.717) is 5.82 Å². The summed E-state index contributed by atoms with van der Waals surface area (Å²) in [5.41, 5.74) is 2.12. The standard InChI is InChI=1S/C19H20N4O2S/c1-14-8-10-17(11-9-14)26(24,25)23-19-13-12-18(21-22-19)20-15(2)16-6-4-3-5-7-16/h3-13,15H,1-2H3,(H,20,21)(H,22,23). The lowest BCUT2D eigenvalue weighted by Crippen LogP contribution is -2.15. The van der Waals surface area contributed by atoms with Gasteiger partial charge in [0.05, 0.1) is 4.90 Å². The molecule has 3 aromatic rings. The van der Waals surface area contributed by atoms with E-state index in [2.05, 4.69) is 20.2 Å². The number of rotatable bonds is 6. The summed E-state index contributed by atoms with van der Waals surface area (Å²) in [6.07, 6.45) is 0. The van der Waals surface area contributed by atoms with Crippen molar-refractivity contribution in [2.24, 2.45) is 0 Å². The molecule has 0 aliphatic heterocycles. The Bertz CT molecular complexity index is 957. The second-order valence-electron chi connectivity index (χ2n) is 6.00. The van der Waals surface area contributed by atoms with Gasteiger partial charge in [-0.15, -0.1) is 10.2 Å². The first-order valence-electron chi connectivity index (χ1n) is 8.19. The highest BCUT2D eigenvalue weighted by Gasteiger charge is 2.15. The van der Waals surface area contributed by atoms with E-state index in [1.54, 1.807) is 36.4 Å². The molecule has 1 heterocycles. The fourth-order valence-electron chi connectivity index (χ4n) is 2.42. The first-order valence-corrected chi connectivity index (χ1v) is 9.67. The summed E-state index contributed by atoms with van der Waals surface area (Å²) in [5, 5.41) is 11.2. The zero-order valence-corrected chi connectivity index (χ0v) is 15.4. The first-order chi connectivity index (χ1) is 12.4. The summed E-state index contributed by atoms with van der Waals surface area (Å²) in [4.78, 5) is 0.185. The van der Waals surface area contributed by atoms with Gasteiger partial charge in [-0.2, -0.15) is 0 Å². The minimum atomic E-state index is -3.68. The average Bonchev–Trinajstić information content (AvgIpc) is 2.64. The van der Waals surface area contributed by atoms with Gasteiger partial charge in [0.2, 0.25) is 0 Å². The first kappa shape index (κ1) is 17.9. The van der Waals surface area contributed by atoms with E-state index in [0.717, 1.165) is 11.1 Å². The number of nitrogens with one attached hydrogen (secondary N) is 2. The molecular weight excluding hydrogens is 348 g/mol. The Labute approximate surface area is 153 Å². The highest BCUT2D eigenvalue weighted by Crippen LogP contribution is 2.19. The van der Waals surface area contributed by atoms with Crippen molar-refractivity contribution in [3.8, 4) is 0 Å². The third-order valence-electron chi connectivity index (χ3n) is 3.90. The molecule has 134 valence electrons. The molecule has 7 heteroatoms. The molecule has 0 aliphatic carbocycles. The van der Waals surface area contributed by atoms with Crippen molar-refractivity contribution < 1.29 is 8.42 Å². The van der Waals surface area contributed by atoms with Crippen molar-refractivity contribution in [3.05, 3.63) is 77.9 Å². The maximum Gasteiger partial charge on any atom is 0.263 e. The van der Waals surface area contributed by atoms with Crippen LogP contribution in [0.15, 0.2) is 71.6 Å². The highest BCUT2D eigenvalue weighted by molar-refractivity contribution is 7.92. The summed E-state index contributed by atoms with van der Waals surface area (Å²) in [6.45, 7) is 3.92. The lowest BCUT2D eigenvalue weighted by atomic mass is 10.1. The van der Waals surface area contributed by atoms with Gasteiger partial charge in [0.1, 0.15) is 5.82 Å². The molecular formula is C19H20N4O2S. The van der Waals surface area contributed by atoms with Crippen LogP contribution in [0.2, 0.25) is 0 Å². The van der Waals surface area contributed by atoms with Crippen LogP contribution in [0.4, 0.5) is 11.6 Å². The molecule has 0 fully saturated rings. The predicted molar refractivity (Wildman–Crippen MR) is 102 cm³/mol. The van der Waals surface area contributed by atoms with E-state index < -0.39 is 10.0 Å². The molecule has 26 heavy (non-hydrogen) atoms. The van der Waals surface area contributed by atoms with Crippen LogP contribution in [0, 0.1) is 6.92 Å². The quantitative estimate of drug-likeness (QED) is 0.692. The number of hydrogen-bond donors (Lipinski definition) is 2. The fraction of sp³-hybridized carbons (Fsp3) is 0.158. The smallest absolute Gasteiger partial charge is 0.263 e. The Morgan fingerprint density at radius 3 is 2.08 bits per heavy atom. The summed E-state index contributed by atoms with van der Waals surface area (Å²) < 4.78 is 27.2. The zero-order chi connectivity index (χ0) is 18.6. The maximum atomic E-state index is 12.4. The third kappa shape index (κ3) is 4.37. The SMILES string of the molecule is Cc1ccc(S(=O)(=O)Nc2ccc(NC(C)c3ccccc3)nn2)cc1. The molecule has 1 unspecified atom stereocenters. The molecule has 0 spiro atoms. The molecule has 0 saturated heterocycles. The van der Waals surface area contributed by atoms with Gasteiger partial charge in [-0.1, -0.05) is 48.0 Å². The van der Waals surface area contributed by atoms with Gasteiger partial charge in [0.25, 0.3) is 10.0 Å². The number of sulfonamides is 1. The lowest BCUT2D eigenvalue weighted by Gasteiger charge is -2.14. The van der Waals surface area contributed by atoms with Crippen LogP contribution in [-0.4, -0.2) is 18.6 Å². The van der Waals surface area contributed by atoms with E-state index in [-0.39, 0.29) is 16.8 Å². The summed E-state index contributed by atoms with van der Waals surface area (Å²) >= 11 is 0. The maximum absolute atomic E-state index is 12.4. The van der Waals surface area contributed by atoms with E-state index in [4.69, 9.17) is 0 Å². The minimum Gasteiger partial charge on any atom is -0.362 e. The minimum absolute atomic E-state index is 0.0561. The molecule has 0 aliphatic rings. The van der Waals surface area contributed by atoms with Crippen molar-refractivity contribution in [1.29, 1.82) is 0 Å². The Hall–Kier alpha value is -2.93. The van der Waals surface area contributed by atoms with E-state index in [1.807, 2.05) is 44.2 Å². The number of benzene rings is 2. The van der Waals surface area contributed by atoms with Gasteiger partial charge in [-0.25, -0.2) is 8.42 Å². The second kappa shape index (κ2) is 7.53. The molecule has 1 atom stereocenters.